The Labute approximate surface area is 273 Å². The molecule has 0 spiro atoms. The summed E-state index contributed by atoms with van der Waals surface area (Å²) in [4.78, 5) is 55.6. The molecular formula is C22H29N10O11P2S2+. The van der Waals surface area contributed by atoms with Crippen LogP contribution in [0.15, 0.2) is 23.8 Å². The minimum atomic E-state index is -4.20. The zero-order valence-electron chi connectivity index (χ0n) is 24.1. The number of methoxy groups -OCH3 is 1. The van der Waals surface area contributed by atoms with E-state index in [1.165, 1.54) is 35.2 Å². The van der Waals surface area contributed by atoms with Gasteiger partial charge in [-0.2, -0.15) is 9.88 Å². The maximum atomic E-state index is 12.4. The molecule has 6 rings (SSSR count). The molecule has 0 bridgehead atoms. The van der Waals surface area contributed by atoms with E-state index >= 15 is 0 Å². The quantitative estimate of drug-likeness (QED) is 0.0832. The molecular weight excluding hydrogens is 706 g/mol. The first kappa shape index (κ1) is 34.1. The van der Waals surface area contributed by atoms with Crippen molar-refractivity contribution in [2.75, 3.05) is 38.1 Å². The molecule has 25 heteroatoms. The molecule has 10 atom stereocenters. The van der Waals surface area contributed by atoms with Gasteiger partial charge in [0, 0.05) is 7.11 Å². The van der Waals surface area contributed by atoms with Crippen LogP contribution in [0.4, 0.5) is 11.8 Å². The first-order valence-corrected chi connectivity index (χ1v) is 18.5. The molecule has 4 aromatic heterocycles. The van der Waals surface area contributed by atoms with Crippen LogP contribution in [0, 0.1) is 0 Å². The highest BCUT2D eigenvalue weighted by atomic mass is 32.5. The zero-order valence-corrected chi connectivity index (χ0v) is 27.5. The molecule has 6 heterocycles. The predicted octanol–water partition coefficient (Wildman–Crippen LogP) is -1.30. The number of aromatic nitrogens is 8. The van der Waals surface area contributed by atoms with E-state index in [1.54, 1.807) is 0 Å². The minimum Gasteiger partial charge on any atom is -0.389 e. The van der Waals surface area contributed by atoms with Gasteiger partial charge >= 0.3 is 14.7 Å². The van der Waals surface area contributed by atoms with Gasteiger partial charge in [0.05, 0.1) is 37.2 Å². The Morgan fingerprint density at radius 1 is 1.11 bits per heavy atom. The average molecular weight is 736 g/mol. The number of rotatable bonds is 12. The minimum absolute atomic E-state index is 0.0425. The molecule has 9 N–H and O–H groups in total. The fourth-order valence-corrected chi connectivity index (χ4v) is 8.59. The summed E-state index contributed by atoms with van der Waals surface area (Å²) < 4.78 is 42.3. The normalized spacial score (nSPS) is 29.5. The number of H-pyrrole nitrogens is 1. The second kappa shape index (κ2) is 13.6. The largest absolute Gasteiger partial charge is 0.534 e. The number of nitrogens with one attached hydrogen (secondary N) is 1. The van der Waals surface area contributed by atoms with Crippen LogP contribution < -0.4 is 17.0 Å². The molecule has 0 saturated carbocycles. The van der Waals surface area contributed by atoms with Crippen molar-refractivity contribution in [3.8, 4) is 0 Å². The van der Waals surface area contributed by atoms with Crippen molar-refractivity contribution >= 4 is 72.4 Å². The van der Waals surface area contributed by atoms with Crippen molar-refractivity contribution in [2.45, 2.75) is 47.4 Å². The lowest BCUT2D eigenvalue weighted by atomic mass is 10.1. The molecule has 2 saturated heterocycles. The van der Waals surface area contributed by atoms with Crippen molar-refractivity contribution < 1.29 is 47.8 Å². The number of nitrogen functional groups attached to an aromatic ring is 2. The van der Waals surface area contributed by atoms with E-state index in [9.17, 15) is 24.5 Å². The lowest BCUT2D eigenvalue weighted by Crippen LogP contribution is -2.36. The SMILES string of the molecule is CO[C@@H]1[C@H](O)[C@@H](COP(O)(=S)O[C@@H]2[C@H](O)[C@@H](COC[P+](=O)O)S[C@H]2n2cnc3c(=O)[nH]c(N)nc32)O[C@H]1n1cnc2c(N)ncnc21. The molecule has 2 unspecified atom stereocenters. The third kappa shape index (κ3) is 6.77. The number of nitrogens with zero attached hydrogens (tertiary/aromatic N) is 7. The van der Waals surface area contributed by atoms with Crippen molar-refractivity contribution in [1.82, 2.24) is 39.0 Å². The van der Waals surface area contributed by atoms with Gasteiger partial charge in [0.1, 0.15) is 41.6 Å². The van der Waals surface area contributed by atoms with Crippen LogP contribution in [-0.4, -0.2) is 121 Å². The first-order valence-electron chi connectivity index (χ1n) is 13.6. The maximum absolute atomic E-state index is 12.4. The standard InChI is InChI=1S/C22H28N10O11P2S2/c1-39-14-12(33)8(42-20(14)31-5-27-10-16(23)25-4-26-17(10)31)2-41-45(38,46)43-15-13(34)9(3-40-7-44(36)37)47-21(15)32-6-28-11-18(32)29-22(24)30-19(11)35/h4-6,8-9,12-15,20-21,33-34H,2-3,7H2,1H3,(H6-,23,24,25,26,29,30,35,36,37,38,46)/p+1/t8-,9-,12-,13-,14-,15-,20-,21-,45?/m1/s1. The summed E-state index contributed by atoms with van der Waals surface area (Å²) in [6.07, 6.45) is -3.35. The van der Waals surface area contributed by atoms with Crippen LogP contribution in [0.5, 0.6) is 0 Å². The number of imidazole rings is 2. The van der Waals surface area contributed by atoms with E-state index in [-0.39, 0.29) is 29.5 Å². The molecule has 0 radical (unpaired) electrons. The van der Waals surface area contributed by atoms with Gasteiger partial charge in [0.25, 0.3) is 11.9 Å². The summed E-state index contributed by atoms with van der Waals surface area (Å²) in [6.45, 7) is -4.83. The molecule has 21 nitrogen and oxygen atoms in total. The van der Waals surface area contributed by atoms with Crippen LogP contribution in [-0.2, 0) is 39.6 Å². The second-order valence-electron chi connectivity index (χ2n) is 10.4. The summed E-state index contributed by atoms with van der Waals surface area (Å²) in [7, 11) is -1.21. The lowest BCUT2D eigenvalue weighted by Gasteiger charge is -2.27. The van der Waals surface area contributed by atoms with Gasteiger partial charge in [0.15, 0.2) is 28.9 Å². The van der Waals surface area contributed by atoms with Gasteiger partial charge in [-0.15, -0.1) is 11.8 Å². The van der Waals surface area contributed by atoms with Crippen molar-refractivity contribution in [3.63, 3.8) is 0 Å². The fraction of sp³-hybridized carbons (Fsp3) is 0.545. The Morgan fingerprint density at radius 3 is 2.60 bits per heavy atom. The number of anilines is 2. The van der Waals surface area contributed by atoms with Crippen molar-refractivity contribution in [1.29, 1.82) is 0 Å². The number of ether oxygens (including phenoxy) is 3. The van der Waals surface area contributed by atoms with E-state index in [2.05, 4.69) is 29.9 Å². The maximum Gasteiger partial charge on any atom is 0.534 e. The highest BCUT2D eigenvalue weighted by Gasteiger charge is 2.50. The van der Waals surface area contributed by atoms with Gasteiger partial charge in [-0.1, -0.05) is 0 Å². The van der Waals surface area contributed by atoms with Gasteiger partial charge < -0.3 is 45.3 Å². The number of thioether (sulfide) groups is 1. The van der Waals surface area contributed by atoms with Crippen molar-refractivity contribution in [3.05, 3.63) is 29.3 Å². The Kier molecular flexibility index (Phi) is 9.89. The van der Waals surface area contributed by atoms with Crippen LogP contribution in [0.2, 0.25) is 0 Å². The first-order chi connectivity index (χ1) is 22.4. The molecule has 2 fully saturated rings. The summed E-state index contributed by atoms with van der Waals surface area (Å²) in [5.41, 5.74) is 11.7. The van der Waals surface area contributed by atoms with Crippen LogP contribution in [0.3, 0.4) is 0 Å². The Morgan fingerprint density at radius 2 is 1.85 bits per heavy atom. The monoisotopic (exact) mass is 735 g/mol. The topological polar surface area (TPSA) is 303 Å². The summed E-state index contributed by atoms with van der Waals surface area (Å²) in [5, 5.41) is 20.6. The molecule has 4 aromatic rings. The van der Waals surface area contributed by atoms with Crippen LogP contribution in [0.1, 0.15) is 11.6 Å². The fourth-order valence-electron chi connectivity index (χ4n) is 5.31. The molecule has 2 aliphatic heterocycles. The van der Waals surface area contributed by atoms with Crippen molar-refractivity contribution in [2.24, 2.45) is 0 Å². The molecule has 47 heavy (non-hydrogen) atoms. The Hall–Kier alpha value is -2.76. The number of nitrogens with two attached hydrogens (primary N) is 2. The number of fused-ring (bicyclic) bond motifs is 2. The third-order valence-electron chi connectivity index (χ3n) is 7.42. The van der Waals surface area contributed by atoms with Gasteiger partial charge in [-0.25, -0.2) is 19.9 Å². The molecule has 2 aliphatic rings. The van der Waals surface area contributed by atoms with Gasteiger partial charge in [-0.3, -0.25) is 23.4 Å². The molecule has 0 aromatic carbocycles. The van der Waals surface area contributed by atoms with E-state index in [0.717, 1.165) is 11.8 Å². The Bertz CT molecular complexity index is 1900. The average Bonchev–Trinajstić information content (AvgIpc) is 3.77. The second-order valence-corrected chi connectivity index (χ2v) is 15.5. The predicted molar refractivity (Wildman–Crippen MR) is 167 cm³/mol. The van der Waals surface area contributed by atoms with E-state index in [0.29, 0.717) is 11.2 Å². The summed E-state index contributed by atoms with van der Waals surface area (Å²) in [5.74, 6) is -0.0351. The van der Waals surface area contributed by atoms with Crippen LogP contribution in [0.25, 0.3) is 22.3 Å². The van der Waals surface area contributed by atoms with Crippen LogP contribution >= 0.6 is 26.5 Å². The van der Waals surface area contributed by atoms with Gasteiger partial charge in [0.2, 0.25) is 5.95 Å². The van der Waals surface area contributed by atoms with Gasteiger partial charge in [-0.05, 0) is 16.4 Å². The lowest BCUT2D eigenvalue weighted by molar-refractivity contribution is -0.0588. The molecule has 0 amide bonds. The smallest absolute Gasteiger partial charge is 0.389 e. The number of aromatic amines is 1. The highest BCUT2D eigenvalue weighted by Crippen LogP contribution is 2.54. The zero-order chi connectivity index (χ0) is 33.6. The van der Waals surface area contributed by atoms with E-state index in [1.807, 2.05) is 0 Å². The number of aliphatic hydroxyl groups is 2. The highest BCUT2D eigenvalue weighted by molar-refractivity contribution is 8.07. The summed E-state index contributed by atoms with van der Waals surface area (Å²) >= 11 is 6.40. The summed E-state index contributed by atoms with van der Waals surface area (Å²) in [6, 6.07) is 0. The van der Waals surface area contributed by atoms with E-state index in [4.69, 9.17) is 51.4 Å². The molecule has 0 aliphatic carbocycles. The Balaban J connectivity index is 1.20. The third-order valence-corrected chi connectivity index (χ3v) is 10.9. The number of hydrogen-bond acceptors (Lipinski definition) is 18. The van der Waals surface area contributed by atoms with E-state index < -0.39 is 80.6 Å². The number of hydrogen-bond donors (Lipinski definition) is 7. The molecule has 254 valence electrons. The number of aliphatic hydroxyl groups excluding tert-OH is 2.